The summed E-state index contributed by atoms with van der Waals surface area (Å²) in [5.41, 5.74) is 0. The average Bonchev–Trinajstić information content (AvgIpc) is 0.940. The summed E-state index contributed by atoms with van der Waals surface area (Å²) in [6.07, 6.45) is 64.7. The van der Waals surface area contributed by atoms with Crippen LogP contribution in [0.4, 0.5) is 0 Å². The first-order valence-corrected chi connectivity index (χ1v) is 44.3. The fourth-order valence-electron chi connectivity index (χ4n) is 12.0. The van der Waals surface area contributed by atoms with Crippen molar-refractivity contribution in [1.82, 2.24) is 0 Å². The second-order valence-electron chi connectivity index (χ2n) is 29.4. The van der Waals surface area contributed by atoms with Gasteiger partial charge < -0.3 is 33.8 Å². The van der Waals surface area contributed by atoms with Crippen molar-refractivity contribution in [3.63, 3.8) is 0 Å². The predicted octanol–water partition coefficient (Wildman–Crippen LogP) is 23.8. The number of unbranched alkanes of at least 4 members (excludes halogenated alkanes) is 45. The van der Waals surface area contributed by atoms with Crippen molar-refractivity contribution in [2.45, 2.75) is 419 Å². The molecule has 17 nitrogen and oxygen atoms in total. The lowest BCUT2D eigenvalue weighted by Crippen LogP contribution is -2.30. The number of aliphatic hydroxyl groups excluding tert-OH is 1. The molecule has 0 radical (unpaired) electrons. The van der Waals surface area contributed by atoms with Gasteiger partial charge in [0.15, 0.2) is 12.2 Å². The molecule has 5 atom stereocenters. The molecular formula is C81H154O17P2. The van der Waals surface area contributed by atoms with Gasteiger partial charge in [-0.1, -0.05) is 348 Å². The highest BCUT2D eigenvalue weighted by molar-refractivity contribution is 7.47. The van der Waals surface area contributed by atoms with Gasteiger partial charge in [0.1, 0.15) is 19.3 Å². The second-order valence-corrected chi connectivity index (χ2v) is 32.3. The Morgan fingerprint density at radius 2 is 0.540 bits per heavy atom. The van der Waals surface area contributed by atoms with Crippen molar-refractivity contribution in [1.29, 1.82) is 0 Å². The Morgan fingerprint density at radius 3 is 0.820 bits per heavy atom. The summed E-state index contributed by atoms with van der Waals surface area (Å²) in [4.78, 5) is 73.0. The van der Waals surface area contributed by atoms with Crippen LogP contribution in [0.3, 0.4) is 0 Å². The van der Waals surface area contributed by atoms with Crippen LogP contribution in [0.15, 0.2) is 24.3 Å². The molecule has 0 saturated carbocycles. The molecule has 0 aliphatic rings. The minimum atomic E-state index is -4.97. The Hall–Kier alpha value is -2.46. The first-order chi connectivity index (χ1) is 48.4. The monoisotopic (exact) mass is 1460 g/mol. The standard InChI is InChI=1S/C81H154O17P2/c1-7-9-11-13-15-17-19-21-27-32-35-39-45-51-57-63-78(83)91-69-76(97-80(85)66-60-54-47-41-37-33-29-26-24-23-25-28-30-34-38-43-49-55-61-73(3)4)71-95-99(87,88)93-67-75(82)68-94-100(89,90)96-72-77(70-92-79(84)64-58-52-48-42-44-50-56-62-74(5)6)98-81(86)65-59-53-46-40-36-31-22-20-18-16-14-12-10-8-2/h17,19,21,27,73-77,82H,7-16,18,20,22-26,28-72H2,1-6H3,(H,87,88)(H,89,90)/b19-17-,27-21-/t75-,76-,77-/m1/s1. The third-order valence-electron chi connectivity index (χ3n) is 18.3. The lowest BCUT2D eigenvalue weighted by molar-refractivity contribution is -0.161. The molecular weight excluding hydrogens is 1310 g/mol. The van der Waals surface area contributed by atoms with Gasteiger partial charge in [-0.2, -0.15) is 0 Å². The first-order valence-electron chi connectivity index (χ1n) is 41.3. The van der Waals surface area contributed by atoms with E-state index in [1.165, 1.54) is 193 Å². The number of carbonyl (C=O) groups is 4. The minimum Gasteiger partial charge on any atom is -0.462 e. The van der Waals surface area contributed by atoms with Gasteiger partial charge in [0.2, 0.25) is 0 Å². The summed E-state index contributed by atoms with van der Waals surface area (Å²) in [5, 5.41) is 10.6. The van der Waals surface area contributed by atoms with Gasteiger partial charge in [0.25, 0.3) is 0 Å². The van der Waals surface area contributed by atoms with Gasteiger partial charge in [-0.05, 0) is 63.2 Å². The normalized spacial score (nSPS) is 14.1. The van der Waals surface area contributed by atoms with Crippen LogP contribution in [0.5, 0.6) is 0 Å². The van der Waals surface area contributed by atoms with Crippen molar-refractivity contribution in [2.75, 3.05) is 39.6 Å². The van der Waals surface area contributed by atoms with E-state index in [4.69, 9.17) is 37.0 Å². The number of esters is 4. The average molecular weight is 1460 g/mol. The molecule has 0 aromatic rings. The van der Waals surface area contributed by atoms with E-state index in [1.54, 1.807) is 0 Å². The van der Waals surface area contributed by atoms with E-state index < -0.39 is 97.5 Å². The summed E-state index contributed by atoms with van der Waals surface area (Å²) < 4.78 is 68.6. The number of allylic oxidation sites excluding steroid dienone is 4. The summed E-state index contributed by atoms with van der Waals surface area (Å²) in [6, 6.07) is 0. The van der Waals surface area contributed by atoms with E-state index >= 15 is 0 Å². The molecule has 19 heteroatoms. The zero-order valence-electron chi connectivity index (χ0n) is 65.0. The Kier molecular flexibility index (Phi) is 70.3. The predicted molar refractivity (Wildman–Crippen MR) is 409 cm³/mol. The van der Waals surface area contributed by atoms with Crippen LogP contribution in [0.25, 0.3) is 0 Å². The van der Waals surface area contributed by atoms with Gasteiger partial charge >= 0.3 is 39.5 Å². The topological polar surface area (TPSA) is 237 Å². The number of hydrogen-bond donors (Lipinski definition) is 3. The Labute approximate surface area is 612 Å². The summed E-state index contributed by atoms with van der Waals surface area (Å²) in [7, 11) is -9.93. The lowest BCUT2D eigenvalue weighted by Gasteiger charge is -2.21. The molecule has 0 spiro atoms. The van der Waals surface area contributed by atoms with Crippen molar-refractivity contribution >= 4 is 39.5 Å². The molecule has 0 saturated heterocycles. The van der Waals surface area contributed by atoms with Gasteiger partial charge in [-0.25, -0.2) is 9.13 Å². The summed E-state index contributed by atoms with van der Waals surface area (Å²) in [6.45, 7) is 9.54. The number of phosphoric acid groups is 2. The Balaban J connectivity index is 5.25. The second kappa shape index (κ2) is 72.1. The molecule has 590 valence electrons. The van der Waals surface area contributed by atoms with Crippen LogP contribution >= 0.6 is 15.6 Å². The number of rotatable bonds is 78. The van der Waals surface area contributed by atoms with Crippen LogP contribution in [0, 0.1) is 11.8 Å². The molecule has 0 heterocycles. The summed E-state index contributed by atoms with van der Waals surface area (Å²) >= 11 is 0. The van der Waals surface area contributed by atoms with E-state index in [-0.39, 0.29) is 25.7 Å². The maximum absolute atomic E-state index is 13.1. The van der Waals surface area contributed by atoms with E-state index in [0.29, 0.717) is 31.6 Å². The Bertz CT molecular complexity index is 2020. The third kappa shape index (κ3) is 73.8. The summed E-state index contributed by atoms with van der Waals surface area (Å²) in [5.74, 6) is -0.618. The zero-order chi connectivity index (χ0) is 73.5. The number of hydrogen-bond acceptors (Lipinski definition) is 15. The van der Waals surface area contributed by atoms with Gasteiger partial charge in [-0.3, -0.25) is 37.3 Å². The smallest absolute Gasteiger partial charge is 0.462 e. The molecule has 2 unspecified atom stereocenters. The first kappa shape index (κ1) is 97.5. The van der Waals surface area contributed by atoms with Crippen LogP contribution in [0.2, 0.25) is 0 Å². The molecule has 100 heavy (non-hydrogen) atoms. The highest BCUT2D eigenvalue weighted by Crippen LogP contribution is 2.45. The van der Waals surface area contributed by atoms with Gasteiger partial charge in [0, 0.05) is 25.7 Å². The number of phosphoric ester groups is 2. The van der Waals surface area contributed by atoms with Gasteiger partial charge in [0.05, 0.1) is 26.4 Å². The Morgan fingerprint density at radius 1 is 0.310 bits per heavy atom. The molecule has 3 N–H and O–H groups in total. The van der Waals surface area contributed by atoms with E-state index in [1.807, 2.05) is 0 Å². The highest BCUT2D eigenvalue weighted by Gasteiger charge is 2.30. The quantitative estimate of drug-likeness (QED) is 0.0169. The van der Waals surface area contributed by atoms with Crippen molar-refractivity contribution in [2.24, 2.45) is 11.8 Å². The fourth-order valence-corrected chi connectivity index (χ4v) is 13.6. The largest absolute Gasteiger partial charge is 0.472 e. The van der Waals surface area contributed by atoms with Crippen molar-refractivity contribution in [3.8, 4) is 0 Å². The third-order valence-corrected chi connectivity index (χ3v) is 20.2. The van der Waals surface area contributed by atoms with Crippen molar-refractivity contribution < 1.29 is 80.2 Å². The SMILES string of the molecule is CCCCCC/C=C\C=C/CCCCCCCC(=O)OC[C@H](COP(=O)(O)OC[C@@H](O)COP(=O)(O)OC[C@@H](COC(=O)CCCCCCCCCC(C)C)OC(=O)CCCCCCCCCCCCCCCC)OC(=O)CCCCCCCCCCCCCCCCCCCCC(C)C. The number of ether oxygens (including phenoxy) is 4. The van der Waals surface area contributed by atoms with Crippen LogP contribution < -0.4 is 0 Å². The van der Waals surface area contributed by atoms with Crippen LogP contribution in [0.1, 0.15) is 401 Å². The van der Waals surface area contributed by atoms with E-state index in [2.05, 4.69) is 65.8 Å². The molecule has 0 fully saturated rings. The zero-order valence-corrected chi connectivity index (χ0v) is 66.8. The highest BCUT2D eigenvalue weighted by atomic mass is 31.2. The molecule has 0 aliphatic heterocycles. The maximum Gasteiger partial charge on any atom is 0.472 e. The van der Waals surface area contributed by atoms with Crippen LogP contribution in [-0.4, -0.2) is 96.7 Å². The van der Waals surface area contributed by atoms with Crippen molar-refractivity contribution in [3.05, 3.63) is 24.3 Å². The molecule has 0 aliphatic carbocycles. The molecule has 0 aromatic carbocycles. The molecule has 0 bridgehead atoms. The van der Waals surface area contributed by atoms with E-state index in [9.17, 15) is 43.2 Å². The van der Waals surface area contributed by atoms with Gasteiger partial charge in [-0.15, -0.1) is 0 Å². The van der Waals surface area contributed by atoms with E-state index in [0.717, 1.165) is 121 Å². The number of aliphatic hydroxyl groups is 1. The fraction of sp³-hybridized carbons (Fsp3) is 0.901. The lowest BCUT2D eigenvalue weighted by atomic mass is 10.0. The molecule has 0 amide bonds. The molecule has 0 aromatic heterocycles. The minimum absolute atomic E-state index is 0.101. The maximum atomic E-state index is 13.1. The van der Waals surface area contributed by atoms with Crippen LogP contribution in [-0.2, 0) is 65.4 Å². The molecule has 0 rings (SSSR count). The number of carbonyl (C=O) groups excluding carboxylic acids is 4.